The Labute approximate surface area is 183 Å². The normalized spacial score (nSPS) is 12.0. The Bertz CT molecular complexity index is 1240. The second-order valence-electron chi connectivity index (χ2n) is 8.47. The number of aromatic nitrogens is 6. The molecule has 12 heteroatoms. The molecule has 31 heavy (non-hydrogen) atoms. The number of ether oxygens (including phenoxy) is 1. The van der Waals surface area contributed by atoms with E-state index in [1.807, 2.05) is 12.3 Å². The van der Waals surface area contributed by atoms with E-state index in [-0.39, 0.29) is 12.4 Å². The summed E-state index contributed by atoms with van der Waals surface area (Å²) in [6, 6.07) is 2.52. The van der Waals surface area contributed by atoms with Gasteiger partial charge in [0.15, 0.2) is 16.5 Å². The summed E-state index contributed by atoms with van der Waals surface area (Å²) < 4.78 is 7.47. The van der Waals surface area contributed by atoms with Gasteiger partial charge >= 0.3 is 0 Å². The van der Waals surface area contributed by atoms with E-state index >= 15 is 0 Å². The van der Waals surface area contributed by atoms with Gasteiger partial charge < -0.3 is 9.72 Å². The first-order valence-electron chi connectivity index (χ1n) is 9.78. The summed E-state index contributed by atoms with van der Waals surface area (Å²) in [6.07, 6.45) is 2.98. The predicted molar refractivity (Wildman–Crippen MR) is 122 cm³/mol. The lowest BCUT2D eigenvalue weighted by molar-refractivity contribution is -0.385. The SMILES string of the molecule is Cc1cnc(-c2nc(-c3nn(COCC[Si](C)(C)C)c4ncc([N+](=O)[O-])cc34)cs2)[nH]1. The quantitative estimate of drug-likeness (QED) is 0.179. The van der Waals surface area contributed by atoms with E-state index in [9.17, 15) is 10.1 Å². The van der Waals surface area contributed by atoms with Crippen molar-refractivity contribution >= 4 is 36.1 Å². The Hall–Kier alpha value is -2.96. The molecule has 0 radical (unpaired) electrons. The molecule has 0 aliphatic rings. The zero-order valence-electron chi connectivity index (χ0n) is 17.7. The van der Waals surface area contributed by atoms with Crippen LogP contribution in [0.4, 0.5) is 5.69 Å². The topological polar surface area (TPSA) is 125 Å². The molecule has 0 amide bonds. The number of aryl methyl sites for hydroxylation is 1. The van der Waals surface area contributed by atoms with Crippen molar-refractivity contribution in [2.45, 2.75) is 39.3 Å². The van der Waals surface area contributed by atoms with E-state index in [0.717, 1.165) is 16.7 Å². The fraction of sp³-hybridized carbons (Fsp3) is 0.368. The third-order valence-electron chi connectivity index (χ3n) is 4.65. The van der Waals surface area contributed by atoms with Crippen LogP contribution in [0.1, 0.15) is 5.69 Å². The maximum atomic E-state index is 11.3. The monoisotopic (exact) mass is 457 g/mol. The maximum absolute atomic E-state index is 11.3. The number of fused-ring (bicyclic) bond motifs is 1. The van der Waals surface area contributed by atoms with Crippen LogP contribution in [0.3, 0.4) is 0 Å². The van der Waals surface area contributed by atoms with Crippen LogP contribution in [0.2, 0.25) is 25.7 Å². The van der Waals surface area contributed by atoms with E-state index in [1.165, 1.54) is 23.6 Å². The van der Waals surface area contributed by atoms with Gasteiger partial charge in [-0.1, -0.05) is 19.6 Å². The summed E-state index contributed by atoms with van der Waals surface area (Å²) in [6.45, 7) is 9.65. The summed E-state index contributed by atoms with van der Waals surface area (Å²) in [7, 11) is -1.21. The Morgan fingerprint density at radius 3 is 2.77 bits per heavy atom. The van der Waals surface area contributed by atoms with Gasteiger partial charge in [-0.05, 0) is 13.0 Å². The minimum Gasteiger partial charge on any atom is -0.359 e. The van der Waals surface area contributed by atoms with Crippen LogP contribution in [-0.4, -0.2) is 49.3 Å². The predicted octanol–water partition coefficient (Wildman–Crippen LogP) is 4.47. The van der Waals surface area contributed by atoms with Crippen molar-refractivity contribution in [2.24, 2.45) is 0 Å². The highest BCUT2D eigenvalue weighted by Gasteiger charge is 2.21. The highest BCUT2D eigenvalue weighted by atomic mass is 32.1. The van der Waals surface area contributed by atoms with Gasteiger partial charge in [0.1, 0.15) is 24.3 Å². The number of rotatable bonds is 8. The molecule has 10 nitrogen and oxygen atoms in total. The smallest absolute Gasteiger partial charge is 0.288 e. The largest absolute Gasteiger partial charge is 0.359 e. The molecule has 162 valence electrons. The number of H-pyrrole nitrogens is 1. The number of thiazole rings is 1. The van der Waals surface area contributed by atoms with Crippen LogP contribution in [-0.2, 0) is 11.5 Å². The van der Waals surface area contributed by atoms with Gasteiger partial charge in [-0.2, -0.15) is 5.10 Å². The molecule has 0 aliphatic carbocycles. The standard InChI is InChI=1S/C19H23N7O3SSi/c1-12-8-20-17(22-12)19-23-15(10-30-19)16-14-7-13(26(27)28)9-21-18(14)25(24-16)11-29-5-6-31(2,3)4/h7-10H,5-6,11H2,1-4H3,(H,20,22). The minimum atomic E-state index is -1.21. The van der Waals surface area contributed by atoms with Crippen molar-refractivity contribution in [1.82, 2.24) is 29.7 Å². The first-order chi connectivity index (χ1) is 14.7. The zero-order chi connectivity index (χ0) is 22.2. The molecule has 4 aromatic heterocycles. The van der Waals surface area contributed by atoms with E-state index in [0.29, 0.717) is 34.9 Å². The summed E-state index contributed by atoms with van der Waals surface area (Å²) in [5.74, 6) is 0.677. The van der Waals surface area contributed by atoms with Crippen LogP contribution >= 0.6 is 11.3 Å². The van der Waals surface area contributed by atoms with Gasteiger partial charge in [0, 0.05) is 38.0 Å². The minimum absolute atomic E-state index is 0.0925. The van der Waals surface area contributed by atoms with Crippen molar-refractivity contribution in [3.8, 4) is 22.2 Å². The lowest BCUT2D eigenvalue weighted by Crippen LogP contribution is -2.22. The molecule has 0 aliphatic heterocycles. The van der Waals surface area contributed by atoms with Gasteiger partial charge in [-0.15, -0.1) is 11.3 Å². The van der Waals surface area contributed by atoms with Gasteiger partial charge in [0.05, 0.1) is 10.3 Å². The third kappa shape index (κ3) is 4.70. The average molecular weight is 458 g/mol. The Balaban J connectivity index is 1.69. The number of hydrogen-bond acceptors (Lipinski definition) is 8. The summed E-state index contributed by atoms with van der Waals surface area (Å²) in [4.78, 5) is 27.2. The summed E-state index contributed by atoms with van der Waals surface area (Å²) in [5.41, 5.74) is 2.52. The number of hydrogen-bond donors (Lipinski definition) is 1. The molecule has 0 unspecified atom stereocenters. The molecule has 0 saturated carbocycles. The Morgan fingerprint density at radius 2 is 2.10 bits per heavy atom. The molecule has 4 aromatic rings. The number of pyridine rings is 1. The second-order valence-corrected chi connectivity index (χ2v) is 15.0. The first-order valence-corrected chi connectivity index (χ1v) is 14.4. The van der Waals surface area contributed by atoms with Crippen LogP contribution in [0.5, 0.6) is 0 Å². The number of aromatic amines is 1. The van der Waals surface area contributed by atoms with Crippen molar-refractivity contribution in [2.75, 3.05) is 6.61 Å². The molecule has 0 spiro atoms. The van der Waals surface area contributed by atoms with Crippen molar-refractivity contribution < 1.29 is 9.66 Å². The number of nitrogens with one attached hydrogen (secondary N) is 1. The average Bonchev–Trinajstić information content (AvgIpc) is 3.42. The van der Waals surface area contributed by atoms with E-state index < -0.39 is 13.0 Å². The van der Waals surface area contributed by atoms with Crippen molar-refractivity contribution in [3.63, 3.8) is 0 Å². The summed E-state index contributed by atoms with van der Waals surface area (Å²) in [5, 5.41) is 19.1. The highest BCUT2D eigenvalue weighted by Crippen LogP contribution is 2.32. The van der Waals surface area contributed by atoms with Crippen LogP contribution in [0, 0.1) is 17.0 Å². The molecule has 0 aromatic carbocycles. The molecule has 0 saturated heterocycles. The van der Waals surface area contributed by atoms with E-state index in [4.69, 9.17) is 4.74 Å². The molecule has 0 fully saturated rings. The van der Waals surface area contributed by atoms with Crippen LogP contribution in [0.25, 0.3) is 33.3 Å². The number of nitro groups is 1. The lowest BCUT2D eigenvalue weighted by Gasteiger charge is -2.15. The van der Waals surface area contributed by atoms with Crippen LogP contribution < -0.4 is 0 Å². The van der Waals surface area contributed by atoms with Crippen molar-refractivity contribution in [3.05, 3.63) is 39.6 Å². The maximum Gasteiger partial charge on any atom is 0.288 e. The van der Waals surface area contributed by atoms with Gasteiger partial charge in [-0.25, -0.2) is 19.6 Å². The van der Waals surface area contributed by atoms with Crippen molar-refractivity contribution in [1.29, 1.82) is 0 Å². The fourth-order valence-corrected chi connectivity index (χ4v) is 4.48. The number of imidazole rings is 1. The lowest BCUT2D eigenvalue weighted by atomic mass is 10.2. The molecular formula is C19H23N7O3SSi. The molecule has 4 heterocycles. The molecule has 4 rings (SSSR count). The fourth-order valence-electron chi connectivity index (χ4n) is 2.97. The highest BCUT2D eigenvalue weighted by molar-refractivity contribution is 7.13. The first kappa shape index (κ1) is 21.3. The van der Waals surface area contributed by atoms with Gasteiger partial charge in [0.25, 0.3) is 5.69 Å². The number of nitrogens with zero attached hydrogens (tertiary/aromatic N) is 6. The van der Waals surface area contributed by atoms with Crippen LogP contribution in [0.15, 0.2) is 23.8 Å². The van der Waals surface area contributed by atoms with Gasteiger partial charge in [-0.3, -0.25) is 10.1 Å². The van der Waals surface area contributed by atoms with Gasteiger partial charge in [0.2, 0.25) is 0 Å². The summed E-state index contributed by atoms with van der Waals surface area (Å²) >= 11 is 1.43. The third-order valence-corrected chi connectivity index (χ3v) is 7.20. The van der Waals surface area contributed by atoms with E-state index in [2.05, 4.69) is 44.7 Å². The molecular weight excluding hydrogens is 434 g/mol. The Morgan fingerprint density at radius 1 is 1.29 bits per heavy atom. The Kier molecular flexibility index (Phi) is 5.69. The zero-order valence-corrected chi connectivity index (χ0v) is 19.6. The molecule has 0 bridgehead atoms. The second kappa shape index (κ2) is 8.28. The molecule has 0 atom stereocenters. The molecule has 1 N–H and O–H groups in total. The van der Waals surface area contributed by atoms with E-state index in [1.54, 1.807) is 10.9 Å².